The van der Waals surface area contributed by atoms with Crippen molar-refractivity contribution in [2.75, 3.05) is 19.6 Å². The zero-order chi connectivity index (χ0) is 15.4. The summed E-state index contributed by atoms with van der Waals surface area (Å²) in [6.07, 6.45) is 2.54. The van der Waals surface area contributed by atoms with E-state index in [2.05, 4.69) is 35.2 Å². The molecule has 1 N–H and O–H groups in total. The van der Waals surface area contributed by atoms with Gasteiger partial charge in [-0.2, -0.15) is 0 Å². The Balaban J connectivity index is 1.61. The second kappa shape index (κ2) is 6.86. The Morgan fingerprint density at radius 2 is 1.91 bits per heavy atom. The largest absolute Gasteiger partial charge is 0.387 e. The summed E-state index contributed by atoms with van der Waals surface area (Å²) in [4.78, 5) is 2.20. The molecule has 0 saturated heterocycles. The molecular weight excluding hydrogens is 277 g/mol. The lowest BCUT2D eigenvalue weighted by molar-refractivity contribution is 0.119. The third-order valence-corrected chi connectivity index (χ3v) is 4.10. The van der Waals surface area contributed by atoms with E-state index in [1.54, 1.807) is 12.1 Å². The standard InChI is InChI=1S/C19H20FNO/c20-18-8-4-7-17(13-18)19(22)14-21-11-9-16(10-12-21)15-5-2-1-3-6-15/h1-9,13,19,22H,10-12,14H2/t19-/m1/s1. The van der Waals surface area contributed by atoms with Gasteiger partial charge in [-0.15, -0.1) is 0 Å². The van der Waals surface area contributed by atoms with E-state index >= 15 is 0 Å². The lowest BCUT2D eigenvalue weighted by Gasteiger charge is -2.28. The Labute approximate surface area is 130 Å². The minimum absolute atomic E-state index is 0.304. The van der Waals surface area contributed by atoms with Gasteiger partial charge in [0.05, 0.1) is 6.10 Å². The van der Waals surface area contributed by atoms with Crippen molar-refractivity contribution in [1.29, 1.82) is 0 Å². The molecule has 2 aromatic carbocycles. The Morgan fingerprint density at radius 3 is 2.59 bits per heavy atom. The highest BCUT2D eigenvalue weighted by Gasteiger charge is 2.17. The van der Waals surface area contributed by atoms with Gasteiger partial charge >= 0.3 is 0 Å². The number of hydrogen-bond donors (Lipinski definition) is 1. The average molecular weight is 297 g/mol. The third-order valence-electron chi connectivity index (χ3n) is 4.10. The first-order valence-electron chi connectivity index (χ1n) is 7.63. The second-order valence-corrected chi connectivity index (χ2v) is 5.68. The molecule has 0 radical (unpaired) electrons. The minimum atomic E-state index is -0.651. The summed E-state index contributed by atoms with van der Waals surface area (Å²) in [5.74, 6) is -0.304. The average Bonchev–Trinajstić information content (AvgIpc) is 2.56. The van der Waals surface area contributed by atoms with Crippen LogP contribution in [0.3, 0.4) is 0 Å². The van der Waals surface area contributed by atoms with Crippen molar-refractivity contribution in [2.24, 2.45) is 0 Å². The van der Waals surface area contributed by atoms with Gasteiger partial charge in [-0.25, -0.2) is 4.39 Å². The van der Waals surface area contributed by atoms with Crippen LogP contribution in [0.5, 0.6) is 0 Å². The molecule has 2 aromatic rings. The van der Waals surface area contributed by atoms with Crippen LogP contribution in [0.2, 0.25) is 0 Å². The van der Waals surface area contributed by atoms with Gasteiger partial charge in [0.15, 0.2) is 0 Å². The fourth-order valence-electron chi connectivity index (χ4n) is 2.86. The Kier molecular flexibility index (Phi) is 4.66. The molecule has 0 spiro atoms. The van der Waals surface area contributed by atoms with Crippen LogP contribution in [0.25, 0.3) is 5.57 Å². The summed E-state index contributed by atoms with van der Waals surface area (Å²) in [7, 11) is 0. The second-order valence-electron chi connectivity index (χ2n) is 5.68. The van der Waals surface area contributed by atoms with Crippen LogP contribution in [0.4, 0.5) is 4.39 Å². The predicted molar refractivity (Wildman–Crippen MR) is 86.8 cm³/mol. The van der Waals surface area contributed by atoms with Gasteiger partial charge in [-0.05, 0) is 35.3 Å². The van der Waals surface area contributed by atoms with Crippen molar-refractivity contribution in [3.63, 3.8) is 0 Å². The van der Waals surface area contributed by atoms with Crippen LogP contribution in [0.1, 0.15) is 23.7 Å². The molecule has 0 unspecified atom stereocenters. The number of aliphatic hydroxyl groups excluding tert-OH is 1. The summed E-state index contributed by atoms with van der Waals surface area (Å²) in [6.45, 7) is 2.26. The van der Waals surface area contributed by atoms with Crippen molar-refractivity contribution in [3.05, 3.63) is 77.6 Å². The first kappa shape index (κ1) is 14.9. The number of β-amino-alcohol motifs (C(OH)–C–C–N with tert-alkyl or cyclic N) is 1. The predicted octanol–water partition coefficient (Wildman–Crippen LogP) is 3.65. The zero-order valence-corrected chi connectivity index (χ0v) is 12.5. The van der Waals surface area contributed by atoms with E-state index in [0.29, 0.717) is 12.1 Å². The van der Waals surface area contributed by atoms with E-state index < -0.39 is 6.10 Å². The smallest absolute Gasteiger partial charge is 0.123 e. The number of halogens is 1. The van der Waals surface area contributed by atoms with Gasteiger partial charge in [0, 0.05) is 19.6 Å². The molecule has 3 rings (SSSR count). The van der Waals surface area contributed by atoms with Crippen LogP contribution < -0.4 is 0 Å². The quantitative estimate of drug-likeness (QED) is 0.931. The highest BCUT2D eigenvalue weighted by atomic mass is 19.1. The molecule has 0 saturated carbocycles. The van der Waals surface area contributed by atoms with Gasteiger partial charge < -0.3 is 5.11 Å². The number of rotatable bonds is 4. The SMILES string of the molecule is O[C@H](CN1CC=C(c2ccccc2)CC1)c1cccc(F)c1. The fourth-order valence-corrected chi connectivity index (χ4v) is 2.86. The van der Waals surface area contributed by atoms with Crippen LogP contribution in [-0.2, 0) is 0 Å². The first-order chi connectivity index (χ1) is 10.7. The molecule has 0 fully saturated rings. The molecule has 0 aromatic heterocycles. The zero-order valence-electron chi connectivity index (χ0n) is 12.5. The highest BCUT2D eigenvalue weighted by molar-refractivity contribution is 5.66. The van der Waals surface area contributed by atoms with E-state index in [0.717, 1.165) is 19.5 Å². The van der Waals surface area contributed by atoms with Gasteiger partial charge in [-0.1, -0.05) is 48.5 Å². The highest BCUT2D eigenvalue weighted by Crippen LogP contribution is 2.23. The molecule has 114 valence electrons. The van der Waals surface area contributed by atoms with Crippen LogP contribution in [-0.4, -0.2) is 29.6 Å². The molecule has 2 nitrogen and oxygen atoms in total. The van der Waals surface area contributed by atoms with E-state index in [9.17, 15) is 9.50 Å². The molecule has 22 heavy (non-hydrogen) atoms. The molecule has 1 heterocycles. The first-order valence-corrected chi connectivity index (χ1v) is 7.63. The fraction of sp³-hybridized carbons (Fsp3) is 0.263. The normalized spacial score (nSPS) is 17.1. The van der Waals surface area contributed by atoms with Gasteiger partial charge in [0.1, 0.15) is 5.82 Å². The number of benzene rings is 2. The lowest BCUT2D eigenvalue weighted by atomic mass is 9.99. The maximum atomic E-state index is 13.2. The van der Waals surface area contributed by atoms with Crippen molar-refractivity contribution in [1.82, 2.24) is 4.90 Å². The summed E-state index contributed by atoms with van der Waals surface area (Å²) < 4.78 is 13.2. The van der Waals surface area contributed by atoms with Gasteiger partial charge in [-0.3, -0.25) is 4.90 Å². The van der Waals surface area contributed by atoms with E-state index in [1.165, 1.54) is 23.3 Å². The van der Waals surface area contributed by atoms with Crippen molar-refractivity contribution >= 4 is 5.57 Å². The van der Waals surface area contributed by atoms with Crippen molar-refractivity contribution < 1.29 is 9.50 Å². The van der Waals surface area contributed by atoms with Crippen LogP contribution in [0.15, 0.2) is 60.7 Å². The van der Waals surface area contributed by atoms with Gasteiger partial charge in [0.25, 0.3) is 0 Å². The summed E-state index contributed by atoms with van der Waals surface area (Å²) in [5.41, 5.74) is 3.27. The third kappa shape index (κ3) is 3.62. The maximum Gasteiger partial charge on any atom is 0.123 e. The molecule has 3 heteroatoms. The van der Waals surface area contributed by atoms with E-state index in [1.807, 2.05) is 6.07 Å². The summed E-state index contributed by atoms with van der Waals surface area (Å²) >= 11 is 0. The Hall–Kier alpha value is -1.97. The van der Waals surface area contributed by atoms with E-state index in [4.69, 9.17) is 0 Å². The number of hydrogen-bond acceptors (Lipinski definition) is 2. The molecule has 0 bridgehead atoms. The van der Waals surface area contributed by atoms with Crippen LogP contribution >= 0.6 is 0 Å². The maximum absolute atomic E-state index is 13.2. The topological polar surface area (TPSA) is 23.5 Å². The number of aliphatic hydroxyl groups is 1. The van der Waals surface area contributed by atoms with Gasteiger partial charge in [0.2, 0.25) is 0 Å². The lowest BCUT2D eigenvalue weighted by Crippen LogP contribution is -2.32. The molecule has 1 aliphatic rings. The van der Waals surface area contributed by atoms with Crippen LogP contribution in [0, 0.1) is 5.82 Å². The summed E-state index contributed by atoms with van der Waals surface area (Å²) in [5, 5.41) is 10.3. The Morgan fingerprint density at radius 1 is 1.09 bits per heavy atom. The molecule has 1 atom stereocenters. The van der Waals surface area contributed by atoms with E-state index in [-0.39, 0.29) is 5.82 Å². The monoisotopic (exact) mass is 297 g/mol. The molecule has 0 amide bonds. The Bertz CT molecular complexity index is 653. The molecule has 0 aliphatic carbocycles. The summed E-state index contributed by atoms with van der Waals surface area (Å²) in [6, 6.07) is 16.6. The molecule has 1 aliphatic heterocycles. The number of nitrogens with zero attached hydrogens (tertiary/aromatic N) is 1. The van der Waals surface area contributed by atoms with Crippen molar-refractivity contribution in [2.45, 2.75) is 12.5 Å². The van der Waals surface area contributed by atoms with Crippen molar-refractivity contribution in [3.8, 4) is 0 Å². The molecular formula is C19H20FNO. The minimum Gasteiger partial charge on any atom is -0.387 e.